The molecule has 0 nitrogen and oxygen atoms in total. The first-order valence-corrected chi connectivity index (χ1v) is 7.78. The Labute approximate surface area is 130 Å². The Morgan fingerprint density at radius 2 is 1.05 bits per heavy atom. The summed E-state index contributed by atoms with van der Waals surface area (Å²) in [5, 5.41) is 0. The lowest BCUT2D eigenvalue weighted by molar-refractivity contribution is 1.18. The van der Waals surface area contributed by atoms with Crippen LogP contribution in [0, 0.1) is 0 Å². The zero-order valence-corrected chi connectivity index (χ0v) is 15.9. The maximum Gasteiger partial charge on any atom is -0.0377 e. The predicted molar refractivity (Wildman–Crippen MR) is 100 cm³/mol. The number of hydrogen-bond acceptors (Lipinski definition) is 0. The molecule has 0 unspecified atom stereocenters. The molecule has 0 aliphatic carbocycles. The van der Waals surface area contributed by atoms with Gasteiger partial charge in [0.1, 0.15) is 0 Å². The van der Waals surface area contributed by atoms with Gasteiger partial charge in [0, 0.05) is 0 Å². The van der Waals surface area contributed by atoms with Crippen LogP contribution in [0.25, 0.3) is 0 Å². The molecule has 0 amide bonds. The van der Waals surface area contributed by atoms with E-state index in [2.05, 4.69) is 65.8 Å². The van der Waals surface area contributed by atoms with Crippen LogP contribution in [0.5, 0.6) is 0 Å². The van der Waals surface area contributed by atoms with Gasteiger partial charge >= 0.3 is 0 Å². The quantitative estimate of drug-likeness (QED) is 0.451. The van der Waals surface area contributed by atoms with Gasteiger partial charge < -0.3 is 0 Å². The average molecular weight is 281 g/mol. The van der Waals surface area contributed by atoms with Gasteiger partial charge in [0.25, 0.3) is 0 Å². The normalized spacial score (nSPS) is 8.50. The maximum atomic E-state index is 2.21. The van der Waals surface area contributed by atoms with Crippen molar-refractivity contribution in [1.29, 1.82) is 0 Å². The molecule has 0 rings (SSSR count). The first-order valence-electron chi connectivity index (χ1n) is 7.78. The van der Waals surface area contributed by atoms with E-state index < -0.39 is 0 Å². The Bertz CT molecular complexity index is 237. The molecule has 0 radical (unpaired) electrons. The highest BCUT2D eigenvalue weighted by atomic mass is 13.7. The van der Waals surface area contributed by atoms with Gasteiger partial charge in [0.15, 0.2) is 0 Å². The Morgan fingerprint density at radius 3 is 1.05 bits per heavy atom. The Morgan fingerprint density at radius 1 is 0.650 bits per heavy atom. The zero-order chi connectivity index (χ0) is 16.8. The van der Waals surface area contributed by atoms with Gasteiger partial charge in [0.05, 0.1) is 0 Å². The zero-order valence-electron chi connectivity index (χ0n) is 15.9. The van der Waals surface area contributed by atoms with Gasteiger partial charge in [0.2, 0.25) is 0 Å². The highest BCUT2D eigenvalue weighted by molar-refractivity contribution is 4.91. The van der Waals surface area contributed by atoms with Gasteiger partial charge in [-0.15, -0.1) is 0 Å². The van der Waals surface area contributed by atoms with Crippen molar-refractivity contribution < 1.29 is 0 Å². The molecule has 0 spiro atoms. The van der Waals surface area contributed by atoms with Crippen molar-refractivity contribution in [2.24, 2.45) is 0 Å². The van der Waals surface area contributed by atoms with E-state index in [4.69, 9.17) is 0 Å². The van der Waals surface area contributed by atoms with Crippen molar-refractivity contribution in [2.45, 2.75) is 82.1 Å². The van der Waals surface area contributed by atoms with Crippen LogP contribution in [0.4, 0.5) is 0 Å². The predicted octanol–water partition coefficient (Wildman–Crippen LogP) is 7.89. The molecule has 0 aliphatic rings. The minimum Gasteiger partial charge on any atom is -0.0919 e. The monoisotopic (exact) mass is 280 g/mol. The lowest BCUT2D eigenvalue weighted by Gasteiger charge is -1.80. The molecule has 0 aromatic rings. The van der Waals surface area contributed by atoms with E-state index >= 15 is 0 Å². The van der Waals surface area contributed by atoms with Crippen molar-refractivity contribution in [3.63, 3.8) is 0 Å². The maximum absolute atomic E-state index is 2.21. The Balaban J connectivity index is -0.0000000862. The second-order valence-electron chi connectivity index (χ2n) is 4.70. The van der Waals surface area contributed by atoms with E-state index in [0.717, 1.165) is 6.42 Å². The summed E-state index contributed by atoms with van der Waals surface area (Å²) in [7, 11) is 0. The molecular weight excluding hydrogens is 240 g/mol. The van der Waals surface area contributed by atoms with Gasteiger partial charge in [-0.25, -0.2) is 0 Å². The van der Waals surface area contributed by atoms with E-state index in [-0.39, 0.29) is 0 Å². The fraction of sp³-hybridized carbons (Fsp3) is 0.600. The molecule has 0 aromatic carbocycles. The fourth-order valence-corrected chi connectivity index (χ4v) is 0.644. The smallest absolute Gasteiger partial charge is 0.0377 e. The third-order valence-electron chi connectivity index (χ3n) is 1.99. The van der Waals surface area contributed by atoms with Crippen molar-refractivity contribution >= 4 is 0 Å². The largest absolute Gasteiger partial charge is 0.0919 e. The van der Waals surface area contributed by atoms with E-state index in [1.54, 1.807) is 0 Å². The molecule has 0 N–H and O–H groups in total. The van der Waals surface area contributed by atoms with E-state index in [1.807, 2.05) is 39.8 Å². The lowest BCUT2D eigenvalue weighted by atomic mass is 10.3. The third-order valence-corrected chi connectivity index (χ3v) is 1.99. The van der Waals surface area contributed by atoms with Crippen LogP contribution in [0.1, 0.15) is 82.1 Å². The SMILES string of the molecule is C/C=C/C.C/C=C/CC.CC=C(C)C.CCC=C(C)C. The highest BCUT2D eigenvalue weighted by Crippen LogP contribution is 1.89. The van der Waals surface area contributed by atoms with Crippen LogP contribution >= 0.6 is 0 Å². The standard InChI is InChI=1S/C6H12.2C5H10.C4H8/c1-4-5-6(2)3;1-4-5(2)3;1-3-5-4-2;1-3-4-2/h5H,4H2,1-3H3;4H,1-3H3;3,5H,4H2,1-2H3;3-4H,1-2H3/b;;5-3+;4-3+. The molecule has 20 heavy (non-hydrogen) atoms. The molecule has 0 heterocycles. The van der Waals surface area contributed by atoms with Gasteiger partial charge in [-0.05, 0) is 68.2 Å². The lowest BCUT2D eigenvalue weighted by Crippen LogP contribution is -1.58. The summed E-state index contributed by atoms with van der Waals surface area (Å²) >= 11 is 0. The molecular formula is C20H40. The minimum atomic E-state index is 1.16. The van der Waals surface area contributed by atoms with Crippen LogP contribution in [0.3, 0.4) is 0 Å². The average Bonchev–Trinajstić information content (AvgIpc) is 2.41. The van der Waals surface area contributed by atoms with E-state index in [9.17, 15) is 0 Å². The first-order chi connectivity index (χ1) is 9.37. The molecule has 0 aliphatic heterocycles. The summed E-state index contributed by atoms with van der Waals surface area (Å²) in [6.45, 7) is 20.7. The fourth-order valence-electron chi connectivity index (χ4n) is 0.644. The number of hydrogen-bond donors (Lipinski definition) is 0. The molecule has 0 saturated carbocycles. The molecule has 0 aromatic heterocycles. The molecule has 0 saturated heterocycles. The number of allylic oxidation sites excluding steroid dienone is 8. The van der Waals surface area contributed by atoms with Crippen LogP contribution < -0.4 is 0 Å². The highest BCUT2D eigenvalue weighted by Gasteiger charge is 1.67. The van der Waals surface area contributed by atoms with Crippen LogP contribution in [0.15, 0.2) is 47.6 Å². The van der Waals surface area contributed by atoms with Crippen LogP contribution in [-0.2, 0) is 0 Å². The summed E-state index contributed by atoms with van der Waals surface area (Å²) in [5.41, 5.74) is 2.79. The van der Waals surface area contributed by atoms with Gasteiger partial charge in [-0.3, -0.25) is 0 Å². The second-order valence-corrected chi connectivity index (χ2v) is 4.70. The molecule has 0 fully saturated rings. The summed E-state index contributed by atoms with van der Waals surface area (Å²) in [6, 6.07) is 0. The third kappa shape index (κ3) is 89.2. The van der Waals surface area contributed by atoms with Gasteiger partial charge in [-0.2, -0.15) is 0 Å². The van der Waals surface area contributed by atoms with Crippen molar-refractivity contribution in [3.8, 4) is 0 Å². The molecule has 120 valence electrons. The first kappa shape index (κ1) is 27.3. The summed E-state index contributed by atoms with van der Waals surface area (Å²) in [4.78, 5) is 0. The molecule has 0 heteroatoms. The van der Waals surface area contributed by atoms with Crippen LogP contribution in [0.2, 0.25) is 0 Å². The summed E-state index contributed by atoms with van der Waals surface area (Å²) in [6.07, 6.45) is 14.8. The van der Waals surface area contributed by atoms with Crippen LogP contribution in [-0.4, -0.2) is 0 Å². The number of rotatable bonds is 2. The second kappa shape index (κ2) is 30.8. The van der Waals surface area contributed by atoms with E-state index in [0.29, 0.717) is 0 Å². The molecule has 0 bridgehead atoms. The topological polar surface area (TPSA) is 0 Å². The minimum absolute atomic E-state index is 1.16. The van der Waals surface area contributed by atoms with E-state index in [1.165, 1.54) is 17.6 Å². The Hall–Kier alpha value is -1.04. The van der Waals surface area contributed by atoms with Crippen molar-refractivity contribution in [2.75, 3.05) is 0 Å². The summed E-state index contributed by atoms with van der Waals surface area (Å²) < 4.78 is 0. The van der Waals surface area contributed by atoms with Crippen molar-refractivity contribution in [3.05, 3.63) is 47.6 Å². The van der Waals surface area contributed by atoms with Crippen molar-refractivity contribution in [1.82, 2.24) is 0 Å². The Kier molecular flexibility index (Phi) is 42.0. The van der Waals surface area contributed by atoms with Gasteiger partial charge in [-0.1, -0.05) is 61.4 Å². The molecule has 0 atom stereocenters. The summed E-state index contributed by atoms with van der Waals surface area (Å²) in [5.74, 6) is 0.